The normalized spacial score (nSPS) is 10.0. The predicted octanol–water partition coefficient (Wildman–Crippen LogP) is 7.80. The summed E-state index contributed by atoms with van der Waals surface area (Å²) >= 11 is 0. The molecule has 0 fully saturated rings. The molecule has 0 amide bonds. The summed E-state index contributed by atoms with van der Waals surface area (Å²) in [5.74, 6) is 0. The van der Waals surface area contributed by atoms with Gasteiger partial charge < -0.3 is 6.92 Å². The van der Waals surface area contributed by atoms with Gasteiger partial charge in [0.15, 0.2) is 0 Å². The van der Waals surface area contributed by atoms with Gasteiger partial charge in [0.05, 0.1) is 0 Å². The van der Waals surface area contributed by atoms with Crippen molar-refractivity contribution in [2.24, 2.45) is 0 Å². The molecule has 0 radical (unpaired) electrons. The smallest absolute Gasteiger partial charge is 0.343 e. The number of benzene rings is 3. The Hall–Kier alpha value is -2.11. The molecule has 0 unspecified atom stereocenters. The molecule has 1 heteroatoms. The fourth-order valence-electron chi connectivity index (χ4n) is 3.60. The van der Waals surface area contributed by atoms with E-state index < -0.39 is 0 Å². The summed E-state index contributed by atoms with van der Waals surface area (Å²) in [5, 5.41) is 0. The van der Waals surface area contributed by atoms with Crippen LogP contribution in [-0.4, -0.2) is 0 Å². The van der Waals surface area contributed by atoms with Crippen LogP contribution in [0.1, 0.15) is 53.1 Å². The van der Waals surface area contributed by atoms with Crippen molar-refractivity contribution in [2.75, 3.05) is 0 Å². The van der Waals surface area contributed by atoms with Crippen LogP contribution >= 0.6 is 0 Å². The van der Waals surface area contributed by atoms with E-state index in [-0.39, 0.29) is 26.2 Å². The number of unbranched alkanes of at least 4 members (excludes halogenated alkanes) is 1. The van der Waals surface area contributed by atoms with Gasteiger partial charge in [-0.15, -0.1) is 5.56 Å². The molecule has 0 aromatic heterocycles. The van der Waals surface area contributed by atoms with Crippen LogP contribution in [0.4, 0.5) is 0 Å². The van der Waals surface area contributed by atoms with Gasteiger partial charge in [-0.3, -0.25) is 0 Å². The minimum atomic E-state index is 0. The standard InChI is InChI=1S/C26H23.C4H9.Zr/c1-4-10-21(11-5-1)18-24-16-17-25(19-22-12-6-2-7-13-22)26(24)20-23-14-8-3-9-15-23;1-3-4-2;/h1-17H,18-20H2;1,3-4H2,2H3;/q2*-1;+2. The van der Waals surface area contributed by atoms with E-state index in [0.717, 1.165) is 25.7 Å². The van der Waals surface area contributed by atoms with Crippen molar-refractivity contribution < 1.29 is 26.2 Å². The first-order valence-electron chi connectivity index (χ1n) is 11.0. The maximum Gasteiger partial charge on any atom is 2.00 e. The predicted molar refractivity (Wildman–Crippen MR) is 130 cm³/mol. The topological polar surface area (TPSA) is 0 Å². The van der Waals surface area contributed by atoms with E-state index in [1.165, 1.54) is 39.8 Å². The van der Waals surface area contributed by atoms with Crippen LogP contribution in [0.5, 0.6) is 0 Å². The Labute approximate surface area is 207 Å². The van der Waals surface area contributed by atoms with Gasteiger partial charge in [-0.05, 0) is 18.4 Å². The van der Waals surface area contributed by atoms with Gasteiger partial charge in [-0.2, -0.15) is 23.6 Å². The van der Waals surface area contributed by atoms with Crippen molar-refractivity contribution in [3.05, 3.63) is 143 Å². The molecule has 0 heterocycles. The zero-order valence-electron chi connectivity index (χ0n) is 18.6. The van der Waals surface area contributed by atoms with Gasteiger partial charge in [-0.1, -0.05) is 122 Å². The molecule has 0 N–H and O–H groups in total. The second kappa shape index (κ2) is 14.0. The first-order chi connectivity index (χ1) is 14.8. The summed E-state index contributed by atoms with van der Waals surface area (Å²) in [4.78, 5) is 0. The minimum absolute atomic E-state index is 0. The number of hydrogen-bond donors (Lipinski definition) is 0. The summed E-state index contributed by atoms with van der Waals surface area (Å²) in [6.45, 7) is 5.72. The molecule has 0 aliphatic heterocycles. The quantitative estimate of drug-likeness (QED) is 0.235. The Kier molecular flexibility index (Phi) is 11.4. The first kappa shape index (κ1) is 25.2. The summed E-state index contributed by atoms with van der Waals surface area (Å²) in [5.41, 5.74) is 8.51. The Morgan fingerprint density at radius 2 is 1.10 bits per heavy atom. The van der Waals surface area contributed by atoms with Crippen LogP contribution < -0.4 is 0 Å². The van der Waals surface area contributed by atoms with Gasteiger partial charge in [0.2, 0.25) is 0 Å². The average Bonchev–Trinajstić information content (AvgIpc) is 3.16. The van der Waals surface area contributed by atoms with Crippen LogP contribution in [0.15, 0.2) is 103 Å². The summed E-state index contributed by atoms with van der Waals surface area (Å²) in [6, 6.07) is 37.0. The Bertz CT molecular complexity index is 908. The zero-order chi connectivity index (χ0) is 21.0. The Morgan fingerprint density at radius 1 is 0.645 bits per heavy atom. The fourth-order valence-corrected chi connectivity index (χ4v) is 3.60. The van der Waals surface area contributed by atoms with Crippen LogP contribution in [-0.2, 0) is 45.5 Å². The van der Waals surface area contributed by atoms with Gasteiger partial charge in [0, 0.05) is 0 Å². The molecule has 0 spiro atoms. The van der Waals surface area contributed by atoms with Gasteiger partial charge in [0.25, 0.3) is 0 Å². The molecule has 4 aromatic rings. The van der Waals surface area contributed by atoms with Crippen LogP contribution in [0.2, 0.25) is 0 Å². The minimum Gasteiger partial charge on any atom is -0.343 e. The SMILES string of the molecule is [CH2-]CCC.[Zr+2].c1ccc(Cc2cc[c-](Cc3ccccc3)c2Cc2ccccc2)cc1. The van der Waals surface area contributed by atoms with Crippen molar-refractivity contribution in [3.63, 3.8) is 0 Å². The third-order valence-corrected chi connectivity index (χ3v) is 5.31. The summed E-state index contributed by atoms with van der Waals surface area (Å²) in [6.07, 6.45) is 5.27. The van der Waals surface area contributed by atoms with Gasteiger partial charge in [0.1, 0.15) is 0 Å². The van der Waals surface area contributed by atoms with Gasteiger partial charge in [-0.25, -0.2) is 6.07 Å². The molecule has 4 rings (SSSR count). The third-order valence-electron chi connectivity index (χ3n) is 5.31. The van der Waals surface area contributed by atoms with Crippen LogP contribution in [0.3, 0.4) is 0 Å². The first-order valence-corrected chi connectivity index (χ1v) is 11.0. The zero-order valence-corrected chi connectivity index (χ0v) is 21.0. The number of hydrogen-bond acceptors (Lipinski definition) is 0. The van der Waals surface area contributed by atoms with Crippen molar-refractivity contribution in [1.29, 1.82) is 0 Å². The fraction of sp³-hybridized carbons (Fsp3) is 0.200. The van der Waals surface area contributed by atoms with E-state index >= 15 is 0 Å². The van der Waals surface area contributed by atoms with E-state index in [2.05, 4.69) is 117 Å². The van der Waals surface area contributed by atoms with E-state index in [4.69, 9.17) is 0 Å². The van der Waals surface area contributed by atoms with Crippen molar-refractivity contribution in [3.8, 4) is 0 Å². The molecule has 0 bridgehead atoms. The monoisotopic (exact) mass is 482 g/mol. The second-order valence-corrected chi connectivity index (χ2v) is 7.70. The molecule has 0 saturated carbocycles. The van der Waals surface area contributed by atoms with Crippen molar-refractivity contribution in [2.45, 2.75) is 39.0 Å². The van der Waals surface area contributed by atoms with E-state index in [9.17, 15) is 0 Å². The van der Waals surface area contributed by atoms with E-state index in [1.807, 2.05) is 0 Å². The van der Waals surface area contributed by atoms with Crippen LogP contribution in [0.25, 0.3) is 0 Å². The summed E-state index contributed by atoms with van der Waals surface area (Å²) in [7, 11) is 0. The maximum atomic E-state index is 3.60. The van der Waals surface area contributed by atoms with Crippen LogP contribution in [0, 0.1) is 6.92 Å². The molecule has 0 aliphatic carbocycles. The molecule has 4 aromatic carbocycles. The molecule has 31 heavy (non-hydrogen) atoms. The third kappa shape index (κ3) is 8.15. The molecule has 0 saturated heterocycles. The molecule has 0 atom stereocenters. The van der Waals surface area contributed by atoms with E-state index in [1.54, 1.807) is 0 Å². The Balaban J connectivity index is 0.000000631. The largest absolute Gasteiger partial charge is 2.00 e. The molecular formula is C30H32Zr. The molecule has 0 aliphatic rings. The Morgan fingerprint density at radius 3 is 1.58 bits per heavy atom. The number of rotatable bonds is 7. The second-order valence-electron chi connectivity index (χ2n) is 7.70. The van der Waals surface area contributed by atoms with Crippen molar-refractivity contribution >= 4 is 0 Å². The molecule has 156 valence electrons. The molecular weight excluding hydrogens is 452 g/mol. The molecule has 0 nitrogen and oxygen atoms in total. The average molecular weight is 484 g/mol. The van der Waals surface area contributed by atoms with E-state index in [0.29, 0.717) is 0 Å². The van der Waals surface area contributed by atoms with Crippen molar-refractivity contribution in [1.82, 2.24) is 0 Å². The maximum absolute atomic E-state index is 3.60. The summed E-state index contributed by atoms with van der Waals surface area (Å²) < 4.78 is 0. The van der Waals surface area contributed by atoms with Gasteiger partial charge >= 0.3 is 26.2 Å².